The van der Waals surface area contributed by atoms with Crippen molar-refractivity contribution in [2.45, 2.75) is 24.6 Å². The maximum atomic E-state index is 14.6. The summed E-state index contributed by atoms with van der Waals surface area (Å²) in [5, 5.41) is 9.36. The largest absolute Gasteiger partial charge is 0.452 e. The van der Waals surface area contributed by atoms with Crippen LogP contribution in [-0.2, 0) is 19.2 Å². The van der Waals surface area contributed by atoms with E-state index in [1.54, 1.807) is 6.07 Å². The molecule has 2 N–H and O–H groups in total. The number of fused-ring (bicyclic) bond motifs is 1. The topological polar surface area (TPSA) is 119 Å². The van der Waals surface area contributed by atoms with Gasteiger partial charge < -0.3 is 24.3 Å². The third-order valence-electron chi connectivity index (χ3n) is 7.08. The number of aliphatic hydroxyl groups is 1. The van der Waals surface area contributed by atoms with Crippen molar-refractivity contribution in [3.8, 4) is 28.4 Å². The van der Waals surface area contributed by atoms with Gasteiger partial charge >= 0.3 is 5.92 Å². The van der Waals surface area contributed by atoms with E-state index in [9.17, 15) is 13.0 Å². The average molecular weight is 605 g/mol. The number of pyridine rings is 1. The Kier molecular flexibility index (Phi) is 7.68. The van der Waals surface area contributed by atoms with Gasteiger partial charge in [0, 0.05) is 18.6 Å². The highest BCUT2D eigenvalue weighted by atomic mass is 35.5. The van der Waals surface area contributed by atoms with Crippen LogP contribution >= 0.6 is 11.6 Å². The van der Waals surface area contributed by atoms with Gasteiger partial charge in [0.15, 0.2) is 11.8 Å². The SMILES string of the molecule is O=S1(=Nc2ccc(-c3ccc(-c4nc5nc(O[C@@H]6CO[C@H](CCO)C6(F)F)[nH]c5cc4Cl)cc3)cc2)CCOCC1. The van der Waals surface area contributed by atoms with Crippen LogP contribution in [0.3, 0.4) is 0 Å². The molecule has 2 saturated heterocycles. The lowest BCUT2D eigenvalue weighted by atomic mass is 10.0. The highest BCUT2D eigenvalue weighted by Gasteiger charge is 2.55. The van der Waals surface area contributed by atoms with Gasteiger partial charge in [-0.15, -0.1) is 0 Å². The van der Waals surface area contributed by atoms with Crippen molar-refractivity contribution in [2.24, 2.45) is 4.36 Å². The number of ether oxygens (including phenoxy) is 3. The maximum absolute atomic E-state index is 14.6. The Bertz CT molecular complexity index is 1660. The van der Waals surface area contributed by atoms with Crippen LogP contribution in [0.4, 0.5) is 14.5 Å². The minimum Gasteiger partial charge on any atom is -0.452 e. The Labute approximate surface area is 240 Å². The Morgan fingerprint density at radius 3 is 2.41 bits per heavy atom. The first-order chi connectivity index (χ1) is 19.7. The van der Waals surface area contributed by atoms with Crippen LogP contribution in [0.15, 0.2) is 59.0 Å². The number of aliphatic hydroxyl groups excluding tert-OH is 1. The van der Waals surface area contributed by atoms with E-state index < -0.39 is 34.5 Å². The first kappa shape index (κ1) is 28.0. The van der Waals surface area contributed by atoms with Crippen LogP contribution in [0.1, 0.15) is 6.42 Å². The summed E-state index contributed by atoms with van der Waals surface area (Å²) in [5.41, 5.74) is 4.54. The number of hydrogen-bond acceptors (Lipinski definition) is 8. The van der Waals surface area contributed by atoms with Crippen molar-refractivity contribution in [1.29, 1.82) is 0 Å². The number of aromatic amines is 1. The summed E-state index contributed by atoms with van der Waals surface area (Å²) in [7, 11) is -2.27. The number of alkyl halides is 2. The lowest BCUT2D eigenvalue weighted by Gasteiger charge is -2.21. The van der Waals surface area contributed by atoms with E-state index in [0.717, 1.165) is 16.7 Å². The van der Waals surface area contributed by atoms with Crippen molar-refractivity contribution >= 4 is 38.2 Å². The third kappa shape index (κ3) is 5.80. The zero-order chi connectivity index (χ0) is 28.6. The van der Waals surface area contributed by atoms with E-state index in [0.29, 0.717) is 46.6 Å². The third-order valence-corrected chi connectivity index (χ3v) is 9.52. The molecule has 6 rings (SSSR count). The highest BCUT2D eigenvalue weighted by Crippen LogP contribution is 2.37. The number of aromatic nitrogens is 3. The number of benzene rings is 2. The van der Waals surface area contributed by atoms with Gasteiger partial charge in [-0.3, -0.25) is 0 Å². The molecular weight excluding hydrogens is 578 g/mol. The van der Waals surface area contributed by atoms with Gasteiger partial charge in [-0.1, -0.05) is 48.0 Å². The van der Waals surface area contributed by atoms with Gasteiger partial charge in [-0.05, 0) is 29.3 Å². The maximum Gasteiger partial charge on any atom is 0.312 e. The molecule has 2 aromatic heterocycles. The number of nitrogens with zero attached hydrogens (tertiary/aromatic N) is 3. The molecule has 0 saturated carbocycles. The Morgan fingerprint density at radius 2 is 1.73 bits per heavy atom. The average Bonchev–Trinajstić information content (AvgIpc) is 3.48. The van der Waals surface area contributed by atoms with Crippen LogP contribution in [0.2, 0.25) is 5.02 Å². The quantitative estimate of drug-likeness (QED) is 0.296. The molecule has 0 radical (unpaired) electrons. The predicted molar refractivity (Wildman–Crippen MR) is 151 cm³/mol. The van der Waals surface area contributed by atoms with Crippen LogP contribution in [0, 0.1) is 0 Å². The lowest BCUT2D eigenvalue weighted by molar-refractivity contribution is -0.110. The van der Waals surface area contributed by atoms with E-state index in [1.807, 2.05) is 48.5 Å². The summed E-state index contributed by atoms with van der Waals surface area (Å²) in [4.78, 5) is 11.6. The number of rotatable bonds is 7. The van der Waals surface area contributed by atoms with E-state index in [1.165, 1.54) is 0 Å². The predicted octanol–water partition coefficient (Wildman–Crippen LogP) is 5.24. The zero-order valence-electron chi connectivity index (χ0n) is 21.8. The molecule has 0 amide bonds. The second-order valence-electron chi connectivity index (χ2n) is 9.86. The molecule has 2 aromatic carbocycles. The molecule has 4 heterocycles. The van der Waals surface area contributed by atoms with Gasteiger partial charge in [0.25, 0.3) is 6.01 Å². The number of H-pyrrole nitrogens is 1. The molecule has 2 atom stereocenters. The van der Waals surface area contributed by atoms with Crippen LogP contribution in [0.25, 0.3) is 33.5 Å². The van der Waals surface area contributed by atoms with Crippen LogP contribution in [-0.4, -0.2) is 80.3 Å². The number of halogens is 3. The monoisotopic (exact) mass is 604 g/mol. The molecule has 0 spiro atoms. The molecule has 2 aliphatic heterocycles. The van der Waals surface area contributed by atoms with Gasteiger partial charge in [0.1, 0.15) is 6.10 Å². The Balaban J connectivity index is 1.19. The fourth-order valence-electron chi connectivity index (χ4n) is 4.83. The number of imidazole rings is 1. The minimum atomic E-state index is -3.28. The first-order valence-corrected chi connectivity index (χ1v) is 15.3. The van der Waals surface area contributed by atoms with Crippen molar-refractivity contribution < 1.29 is 32.3 Å². The molecule has 0 aliphatic carbocycles. The Morgan fingerprint density at radius 1 is 1.07 bits per heavy atom. The fourth-order valence-corrected chi connectivity index (χ4v) is 6.74. The number of hydrogen-bond donors (Lipinski definition) is 2. The summed E-state index contributed by atoms with van der Waals surface area (Å²) in [6, 6.07) is 16.7. The zero-order valence-corrected chi connectivity index (χ0v) is 23.3. The molecular formula is C28H27ClF2N4O5S. The molecule has 2 fully saturated rings. The van der Waals surface area contributed by atoms with Crippen LogP contribution < -0.4 is 4.74 Å². The molecule has 216 valence electrons. The van der Waals surface area contributed by atoms with Gasteiger partial charge in [0.2, 0.25) is 0 Å². The molecule has 9 nitrogen and oxygen atoms in total. The summed E-state index contributed by atoms with van der Waals surface area (Å²) in [6.07, 6.45) is -3.15. The fraction of sp³-hybridized carbons (Fsp3) is 0.357. The van der Waals surface area contributed by atoms with Crippen molar-refractivity contribution in [1.82, 2.24) is 15.0 Å². The standard InChI is InChI=1S/C28H27ClF2N4O5S/c29-21-15-22-26(34-27(32-22)40-24-16-39-23(9-10-36)28(24,30)31)33-25(21)19-3-1-17(2-4-19)18-5-7-20(8-6-18)35-41(37)13-11-38-12-14-41/h1-8,15,23-24,36H,9-14,16H2,(H,32,33,34)/t23-,24-/m1/s1. The van der Waals surface area contributed by atoms with E-state index in [-0.39, 0.29) is 24.7 Å². The van der Waals surface area contributed by atoms with Crippen molar-refractivity contribution in [3.63, 3.8) is 0 Å². The van der Waals surface area contributed by atoms with Crippen LogP contribution in [0.5, 0.6) is 6.01 Å². The lowest BCUT2D eigenvalue weighted by Crippen LogP contribution is -2.42. The van der Waals surface area contributed by atoms with Gasteiger partial charge in [-0.25, -0.2) is 9.19 Å². The van der Waals surface area contributed by atoms with Crippen molar-refractivity contribution in [2.75, 3.05) is 37.9 Å². The minimum absolute atomic E-state index is 0.120. The second kappa shape index (κ2) is 11.3. The summed E-state index contributed by atoms with van der Waals surface area (Å²) < 4.78 is 62.3. The summed E-state index contributed by atoms with van der Waals surface area (Å²) >= 11 is 6.53. The first-order valence-electron chi connectivity index (χ1n) is 13.1. The summed E-state index contributed by atoms with van der Waals surface area (Å²) in [5.74, 6) is -2.39. The normalized spacial score (nSPS) is 21.7. The second-order valence-corrected chi connectivity index (χ2v) is 12.8. The summed E-state index contributed by atoms with van der Waals surface area (Å²) in [6.45, 7) is 0.199. The molecule has 41 heavy (non-hydrogen) atoms. The highest BCUT2D eigenvalue weighted by molar-refractivity contribution is 7.93. The smallest absolute Gasteiger partial charge is 0.312 e. The number of nitrogens with one attached hydrogen (secondary N) is 1. The molecule has 0 bridgehead atoms. The molecule has 13 heteroatoms. The van der Waals surface area contributed by atoms with E-state index in [4.69, 9.17) is 30.9 Å². The van der Waals surface area contributed by atoms with Gasteiger partial charge in [-0.2, -0.15) is 18.1 Å². The van der Waals surface area contributed by atoms with E-state index in [2.05, 4.69) is 19.3 Å². The van der Waals surface area contributed by atoms with Crippen molar-refractivity contribution in [3.05, 3.63) is 59.6 Å². The molecule has 4 aromatic rings. The van der Waals surface area contributed by atoms with Gasteiger partial charge in [0.05, 0.1) is 63.0 Å². The molecule has 0 unspecified atom stereocenters. The molecule has 2 aliphatic rings. The van der Waals surface area contributed by atoms with E-state index >= 15 is 0 Å². The Hall–Kier alpha value is -3.16.